The molecule has 0 aromatic carbocycles. The molecule has 0 aliphatic carbocycles. The maximum atomic E-state index is 5.98. The molecule has 62 valence electrons. The molecular weight excluding hydrogens is 244 g/mol. The molecule has 0 saturated heterocycles. The van der Waals surface area contributed by atoms with Gasteiger partial charge < -0.3 is 0 Å². The van der Waals surface area contributed by atoms with E-state index in [-0.39, 0.29) is 5.38 Å². The summed E-state index contributed by atoms with van der Waals surface area (Å²) in [6.07, 6.45) is 0. The van der Waals surface area contributed by atoms with Gasteiger partial charge in [-0.3, -0.25) is 0 Å². The van der Waals surface area contributed by atoms with E-state index in [1.165, 1.54) is 10.0 Å². The molecule has 2 unspecified atom stereocenters. The largest absolute Gasteiger partial charge is 0.151 e. The van der Waals surface area contributed by atoms with E-state index in [1.807, 2.05) is 6.92 Å². The summed E-state index contributed by atoms with van der Waals surface area (Å²) in [5, 5.41) is 4.43. The highest BCUT2D eigenvalue weighted by molar-refractivity contribution is 9.10. The second kappa shape index (κ2) is 3.92. The van der Waals surface area contributed by atoms with Crippen LogP contribution in [0.25, 0.3) is 0 Å². The van der Waals surface area contributed by atoms with Crippen molar-refractivity contribution in [3.63, 3.8) is 0 Å². The summed E-state index contributed by atoms with van der Waals surface area (Å²) in [5.74, 6) is 0.428. The molecule has 0 N–H and O–H groups in total. The number of alkyl halides is 1. The average Bonchev–Trinajstić information content (AvgIpc) is 2.33. The molecule has 1 aromatic heterocycles. The van der Waals surface area contributed by atoms with E-state index >= 15 is 0 Å². The number of hydrogen-bond donors (Lipinski definition) is 0. The van der Waals surface area contributed by atoms with E-state index in [2.05, 4.69) is 33.6 Å². The zero-order chi connectivity index (χ0) is 8.43. The van der Waals surface area contributed by atoms with Gasteiger partial charge in [-0.1, -0.05) is 6.92 Å². The second-order valence-electron chi connectivity index (χ2n) is 2.64. The first-order valence-electron chi connectivity index (χ1n) is 3.48. The summed E-state index contributed by atoms with van der Waals surface area (Å²) in [5.41, 5.74) is 1.32. The fourth-order valence-corrected chi connectivity index (χ4v) is 2.76. The zero-order valence-corrected chi connectivity index (χ0v) is 9.63. The third kappa shape index (κ3) is 2.20. The van der Waals surface area contributed by atoms with E-state index < -0.39 is 0 Å². The molecule has 3 heteroatoms. The van der Waals surface area contributed by atoms with Crippen molar-refractivity contribution in [2.75, 3.05) is 0 Å². The van der Waals surface area contributed by atoms with Gasteiger partial charge in [-0.15, -0.1) is 11.6 Å². The van der Waals surface area contributed by atoms with E-state index in [1.54, 1.807) is 11.3 Å². The molecule has 0 nitrogen and oxygen atoms in total. The van der Waals surface area contributed by atoms with Crippen molar-refractivity contribution < 1.29 is 0 Å². The minimum Gasteiger partial charge on any atom is -0.151 e. The van der Waals surface area contributed by atoms with Crippen molar-refractivity contribution in [3.05, 3.63) is 20.8 Å². The van der Waals surface area contributed by atoms with Gasteiger partial charge in [0.2, 0.25) is 0 Å². The first kappa shape index (κ1) is 9.56. The second-order valence-corrected chi connectivity index (χ2v) is 4.93. The Morgan fingerprint density at radius 2 is 2.09 bits per heavy atom. The van der Waals surface area contributed by atoms with Crippen LogP contribution < -0.4 is 0 Å². The number of halogens is 2. The molecule has 0 fully saturated rings. The Balaban J connectivity index is 2.84. The third-order valence-electron chi connectivity index (χ3n) is 1.82. The van der Waals surface area contributed by atoms with Gasteiger partial charge in [0.15, 0.2) is 0 Å². The highest BCUT2D eigenvalue weighted by atomic mass is 79.9. The van der Waals surface area contributed by atoms with Gasteiger partial charge in [0.1, 0.15) is 0 Å². The molecule has 0 saturated carbocycles. The minimum absolute atomic E-state index is 0.195. The first-order valence-corrected chi connectivity index (χ1v) is 5.65. The van der Waals surface area contributed by atoms with Crippen LogP contribution in [0.2, 0.25) is 0 Å². The van der Waals surface area contributed by atoms with Gasteiger partial charge >= 0.3 is 0 Å². The molecule has 1 heterocycles. The van der Waals surface area contributed by atoms with Crippen molar-refractivity contribution in [1.82, 2.24) is 0 Å². The maximum absolute atomic E-state index is 5.98. The summed E-state index contributed by atoms with van der Waals surface area (Å²) in [7, 11) is 0. The van der Waals surface area contributed by atoms with E-state index in [0.29, 0.717) is 5.92 Å². The van der Waals surface area contributed by atoms with Crippen molar-refractivity contribution in [1.29, 1.82) is 0 Å². The predicted octanol–water partition coefficient (Wildman–Crippen LogP) is 4.24. The standard InChI is InChI=1S/C8H10BrClS/c1-5(6(2)10)7-3-11-4-8(7)9/h3-6H,1-2H3. The van der Waals surface area contributed by atoms with Crippen LogP contribution in [0.1, 0.15) is 25.3 Å². The smallest absolute Gasteiger partial charge is 0.0374 e. The molecule has 1 aromatic rings. The topological polar surface area (TPSA) is 0 Å². The summed E-state index contributed by atoms with van der Waals surface area (Å²) in [4.78, 5) is 0. The lowest BCUT2D eigenvalue weighted by molar-refractivity contribution is 0.742. The Bertz CT molecular complexity index is 232. The highest BCUT2D eigenvalue weighted by Gasteiger charge is 2.14. The highest BCUT2D eigenvalue weighted by Crippen LogP contribution is 2.32. The first-order chi connectivity index (χ1) is 5.13. The molecular formula is C8H10BrClS. The molecule has 1 rings (SSSR count). The fraction of sp³-hybridized carbons (Fsp3) is 0.500. The molecule has 0 aliphatic heterocycles. The molecule has 0 spiro atoms. The minimum atomic E-state index is 0.195. The van der Waals surface area contributed by atoms with E-state index in [9.17, 15) is 0 Å². The molecule has 11 heavy (non-hydrogen) atoms. The van der Waals surface area contributed by atoms with Crippen LogP contribution in [-0.2, 0) is 0 Å². The Hall–Kier alpha value is 0.470. The normalized spacial score (nSPS) is 16.4. The number of thiophene rings is 1. The van der Waals surface area contributed by atoms with Crippen molar-refractivity contribution in [3.8, 4) is 0 Å². The van der Waals surface area contributed by atoms with E-state index in [4.69, 9.17) is 11.6 Å². The van der Waals surface area contributed by atoms with Crippen LogP contribution in [0.15, 0.2) is 15.2 Å². The van der Waals surface area contributed by atoms with Crippen LogP contribution in [0.5, 0.6) is 0 Å². The molecule has 0 bridgehead atoms. The van der Waals surface area contributed by atoms with Gasteiger partial charge in [-0.25, -0.2) is 0 Å². The lowest BCUT2D eigenvalue weighted by atomic mass is 10.0. The van der Waals surface area contributed by atoms with E-state index in [0.717, 1.165) is 0 Å². The van der Waals surface area contributed by atoms with Gasteiger partial charge in [0, 0.05) is 15.2 Å². The summed E-state index contributed by atoms with van der Waals surface area (Å²) in [6.45, 7) is 4.17. The molecule has 0 radical (unpaired) electrons. The number of rotatable bonds is 2. The van der Waals surface area contributed by atoms with Gasteiger partial charge in [0.25, 0.3) is 0 Å². The Kier molecular flexibility index (Phi) is 3.41. The quantitative estimate of drug-likeness (QED) is 0.692. The van der Waals surface area contributed by atoms with Gasteiger partial charge in [-0.2, -0.15) is 11.3 Å². The third-order valence-corrected chi connectivity index (χ3v) is 3.95. The van der Waals surface area contributed by atoms with Crippen molar-refractivity contribution >= 4 is 38.9 Å². The van der Waals surface area contributed by atoms with Crippen LogP contribution >= 0.6 is 38.9 Å². The maximum Gasteiger partial charge on any atom is 0.0374 e. The monoisotopic (exact) mass is 252 g/mol. The lowest BCUT2D eigenvalue weighted by Crippen LogP contribution is -2.03. The van der Waals surface area contributed by atoms with Crippen LogP contribution in [0, 0.1) is 0 Å². The SMILES string of the molecule is CC(Cl)C(C)c1cscc1Br. The molecule has 0 amide bonds. The Morgan fingerprint density at radius 1 is 1.45 bits per heavy atom. The lowest BCUT2D eigenvalue weighted by Gasteiger charge is -2.12. The van der Waals surface area contributed by atoms with Crippen molar-refractivity contribution in [2.24, 2.45) is 0 Å². The Morgan fingerprint density at radius 3 is 2.45 bits per heavy atom. The van der Waals surface area contributed by atoms with Crippen molar-refractivity contribution in [2.45, 2.75) is 25.1 Å². The fourth-order valence-electron chi connectivity index (χ4n) is 0.864. The summed E-state index contributed by atoms with van der Waals surface area (Å²) >= 11 is 11.2. The molecule has 2 atom stereocenters. The summed E-state index contributed by atoms with van der Waals surface area (Å²) in [6, 6.07) is 0. The Labute approximate surface area is 84.7 Å². The average molecular weight is 254 g/mol. The predicted molar refractivity (Wildman–Crippen MR) is 55.7 cm³/mol. The zero-order valence-electron chi connectivity index (χ0n) is 6.47. The summed E-state index contributed by atoms with van der Waals surface area (Å²) < 4.78 is 1.18. The van der Waals surface area contributed by atoms with Gasteiger partial charge in [0.05, 0.1) is 0 Å². The molecule has 0 aliphatic rings. The number of hydrogen-bond acceptors (Lipinski definition) is 1. The van der Waals surface area contributed by atoms with Crippen LogP contribution in [0.4, 0.5) is 0 Å². The van der Waals surface area contributed by atoms with Crippen LogP contribution in [0.3, 0.4) is 0 Å². The van der Waals surface area contributed by atoms with Gasteiger partial charge in [-0.05, 0) is 39.7 Å². The van der Waals surface area contributed by atoms with Crippen LogP contribution in [-0.4, -0.2) is 5.38 Å².